The van der Waals surface area contributed by atoms with Gasteiger partial charge >= 0.3 is 0 Å². The maximum atomic E-state index is 12.4. The molecule has 0 bridgehead atoms. The number of anilines is 2. The highest BCUT2D eigenvalue weighted by atomic mass is 16.2. The molecule has 116 valence electrons. The van der Waals surface area contributed by atoms with Gasteiger partial charge in [-0.1, -0.05) is 23.8 Å². The number of fused-ring (bicyclic) bond motifs is 1. The van der Waals surface area contributed by atoms with Crippen molar-refractivity contribution in [3.8, 4) is 0 Å². The van der Waals surface area contributed by atoms with E-state index in [1.807, 2.05) is 68.4 Å². The average Bonchev–Trinajstić information content (AvgIpc) is 2.57. The third kappa shape index (κ3) is 3.48. The van der Waals surface area contributed by atoms with Crippen LogP contribution < -0.4 is 10.6 Å². The van der Waals surface area contributed by atoms with Crippen molar-refractivity contribution in [3.63, 3.8) is 0 Å². The van der Waals surface area contributed by atoms with Crippen molar-refractivity contribution in [2.24, 2.45) is 0 Å². The van der Waals surface area contributed by atoms with E-state index in [-0.39, 0.29) is 11.9 Å². The van der Waals surface area contributed by atoms with Crippen LogP contribution in [0.15, 0.2) is 60.8 Å². The molecule has 4 heteroatoms. The minimum absolute atomic E-state index is 0.0815. The van der Waals surface area contributed by atoms with E-state index in [2.05, 4.69) is 15.6 Å². The van der Waals surface area contributed by atoms with Gasteiger partial charge in [0.15, 0.2) is 0 Å². The third-order valence-corrected chi connectivity index (χ3v) is 3.73. The van der Waals surface area contributed by atoms with Gasteiger partial charge in [-0.15, -0.1) is 0 Å². The standard InChI is InChI=1S/C19H19N3O/c1-13-8-10-15(11-9-13)21-14(2)19(23)22-18-7-3-6-17-16(18)5-4-12-20-17/h3-12,14,21H,1-2H3,(H,22,23). The lowest BCUT2D eigenvalue weighted by Crippen LogP contribution is -2.31. The van der Waals surface area contributed by atoms with Gasteiger partial charge in [0.05, 0.1) is 11.2 Å². The summed E-state index contributed by atoms with van der Waals surface area (Å²) in [6, 6.07) is 17.2. The molecular formula is C19H19N3O. The van der Waals surface area contributed by atoms with E-state index in [1.54, 1.807) is 6.20 Å². The Morgan fingerprint density at radius 2 is 1.83 bits per heavy atom. The van der Waals surface area contributed by atoms with Gasteiger partial charge in [0.1, 0.15) is 6.04 Å². The topological polar surface area (TPSA) is 54.0 Å². The molecule has 0 aliphatic rings. The number of benzene rings is 2. The van der Waals surface area contributed by atoms with Crippen LogP contribution in [0.25, 0.3) is 10.9 Å². The van der Waals surface area contributed by atoms with Crippen LogP contribution >= 0.6 is 0 Å². The number of aryl methyl sites for hydroxylation is 1. The van der Waals surface area contributed by atoms with E-state index in [9.17, 15) is 4.79 Å². The van der Waals surface area contributed by atoms with E-state index in [0.29, 0.717) is 0 Å². The Labute approximate surface area is 135 Å². The molecule has 1 heterocycles. The van der Waals surface area contributed by atoms with Crippen LogP contribution in [0, 0.1) is 6.92 Å². The maximum absolute atomic E-state index is 12.4. The van der Waals surface area contributed by atoms with Crippen molar-refractivity contribution in [1.29, 1.82) is 0 Å². The van der Waals surface area contributed by atoms with E-state index in [1.165, 1.54) is 5.56 Å². The summed E-state index contributed by atoms with van der Waals surface area (Å²) in [4.78, 5) is 16.7. The van der Waals surface area contributed by atoms with Gasteiger partial charge < -0.3 is 10.6 Å². The number of hydrogen-bond donors (Lipinski definition) is 2. The molecule has 4 nitrogen and oxygen atoms in total. The van der Waals surface area contributed by atoms with E-state index < -0.39 is 0 Å². The molecule has 0 spiro atoms. The first kappa shape index (κ1) is 15.0. The molecule has 1 amide bonds. The molecule has 2 N–H and O–H groups in total. The molecular weight excluding hydrogens is 286 g/mol. The summed E-state index contributed by atoms with van der Waals surface area (Å²) in [7, 11) is 0. The van der Waals surface area contributed by atoms with E-state index in [4.69, 9.17) is 0 Å². The van der Waals surface area contributed by atoms with Gasteiger partial charge in [-0.2, -0.15) is 0 Å². The zero-order valence-corrected chi connectivity index (χ0v) is 13.2. The molecule has 1 atom stereocenters. The molecule has 0 saturated heterocycles. The molecule has 2 aromatic carbocycles. The van der Waals surface area contributed by atoms with Crippen molar-refractivity contribution in [2.45, 2.75) is 19.9 Å². The molecule has 1 aromatic heterocycles. The van der Waals surface area contributed by atoms with Crippen LogP contribution in [0.3, 0.4) is 0 Å². The fourth-order valence-corrected chi connectivity index (χ4v) is 2.42. The average molecular weight is 305 g/mol. The van der Waals surface area contributed by atoms with E-state index in [0.717, 1.165) is 22.3 Å². The fraction of sp³-hybridized carbons (Fsp3) is 0.158. The number of aromatic nitrogens is 1. The van der Waals surface area contributed by atoms with Crippen LogP contribution in [-0.2, 0) is 4.79 Å². The van der Waals surface area contributed by atoms with Crippen LogP contribution in [-0.4, -0.2) is 16.9 Å². The Hall–Kier alpha value is -2.88. The smallest absolute Gasteiger partial charge is 0.246 e. The zero-order chi connectivity index (χ0) is 16.2. The van der Waals surface area contributed by atoms with Crippen LogP contribution in [0.2, 0.25) is 0 Å². The van der Waals surface area contributed by atoms with E-state index >= 15 is 0 Å². The number of nitrogens with one attached hydrogen (secondary N) is 2. The molecule has 0 saturated carbocycles. The lowest BCUT2D eigenvalue weighted by molar-refractivity contribution is -0.116. The number of hydrogen-bond acceptors (Lipinski definition) is 3. The number of carbonyl (C=O) groups is 1. The Kier molecular flexibility index (Phi) is 4.24. The zero-order valence-electron chi connectivity index (χ0n) is 13.2. The highest BCUT2D eigenvalue weighted by Gasteiger charge is 2.14. The summed E-state index contributed by atoms with van der Waals surface area (Å²) in [5.74, 6) is -0.0815. The molecule has 0 fully saturated rings. The molecule has 0 radical (unpaired) electrons. The van der Waals surface area contributed by atoms with Crippen molar-refractivity contribution < 1.29 is 4.79 Å². The lowest BCUT2D eigenvalue weighted by atomic mass is 10.1. The van der Waals surface area contributed by atoms with Gasteiger partial charge in [0, 0.05) is 17.3 Å². The summed E-state index contributed by atoms with van der Waals surface area (Å²) in [5.41, 5.74) is 3.76. The summed E-state index contributed by atoms with van der Waals surface area (Å²) in [5, 5.41) is 7.12. The summed E-state index contributed by atoms with van der Waals surface area (Å²) in [6.45, 7) is 3.88. The SMILES string of the molecule is Cc1ccc(NC(C)C(=O)Nc2cccc3ncccc23)cc1. The second kappa shape index (κ2) is 6.48. The summed E-state index contributed by atoms with van der Waals surface area (Å²) >= 11 is 0. The summed E-state index contributed by atoms with van der Waals surface area (Å²) < 4.78 is 0. The highest BCUT2D eigenvalue weighted by molar-refractivity contribution is 6.03. The number of nitrogens with zero attached hydrogens (tertiary/aromatic N) is 1. The van der Waals surface area contributed by atoms with Crippen LogP contribution in [0.4, 0.5) is 11.4 Å². The molecule has 3 rings (SSSR count). The monoisotopic (exact) mass is 305 g/mol. The van der Waals surface area contributed by atoms with Crippen molar-refractivity contribution >= 4 is 28.2 Å². The van der Waals surface area contributed by atoms with Gasteiger partial charge in [0.2, 0.25) is 5.91 Å². The fourth-order valence-electron chi connectivity index (χ4n) is 2.42. The normalized spacial score (nSPS) is 11.9. The lowest BCUT2D eigenvalue weighted by Gasteiger charge is -2.16. The van der Waals surface area contributed by atoms with Crippen molar-refractivity contribution in [3.05, 3.63) is 66.4 Å². The van der Waals surface area contributed by atoms with Gasteiger partial charge in [-0.25, -0.2) is 0 Å². The largest absolute Gasteiger partial charge is 0.374 e. The summed E-state index contributed by atoms with van der Waals surface area (Å²) in [6.07, 6.45) is 1.75. The minimum Gasteiger partial charge on any atom is -0.374 e. The third-order valence-electron chi connectivity index (χ3n) is 3.73. The molecule has 3 aromatic rings. The van der Waals surface area contributed by atoms with Gasteiger partial charge in [-0.3, -0.25) is 9.78 Å². The Morgan fingerprint density at radius 1 is 1.04 bits per heavy atom. The number of carbonyl (C=O) groups excluding carboxylic acids is 1. The van der Waals surface area contributed by atoms with Crippen LogP contribution in [0.5, 0.6) is 0 Å². The van der Waals surface area contributed by atoms with Gasteiger partial charge in [-0.05, 0) is 50.2 Å². The minimum atomic E-state index is -0.343. The van der Waals surface area contributed by atoms with Crippen molar-refractivity contribution in [2.75, 3.05) is 10.6 Å². The van der Waals surface area contributed by atoms with Crippen molar-refractivity contribution in [1.82, 2.24) is 4.98 Å². The van der Waals surface area contributed by atoms with Crippen LogP contribution in [0.1, 0.15) is 12.5 Å². The number of pyridine rings is 1. The number of amides is 1. The molecule has 0 aliphatic carbocycles. The second-order valence-electron chi connectivity index (χ2n) is 5.60. The molecule has 0 aliphatic heterocycles. The predicted molar refractivity (Wildman–Crippen MR) is 94.6 cm³/mol. The maximum Gasteiger partial charge on any atom is 0.246 e. The first-order valence-electron chi connectivity index (χ1n) is 7.61. The molecule has 1 unspecified atom stereocenters. The Morgan fingerprint density at radius 3 is 2.61 bits per heavy atom. The Balaban J connectivity index is 1.74. The number of rotatable bonds is 4. The first-order chi connectivity index (χ1) is 11.1. The first-order valence-corrected chi connectivity index (χ1v) is 7.61. The Bertz CT molecular complexity index is 822. The molecule has 23 heavy (non-hydrogen) atoms. The predicted octanol–water partition coefficient (Wildman–Crippen LogP) is 3.98. The second-order valence-corrected chi connectivity index (χ2v) is 5.60. The quantitative estimate of drug-likeness (QED) is 0.766. The highest BCUT2D eigenvalue weighted by Crippen LogP contribution is 2.21. The van der Waals surface area contributed by atoms with Gasteiger partial charge in [0.25, 0.3) is 0 Å².